The van der Waals surface area contributed by atoms with Crippen molar-refractivity contribution < 1.29 is 46.9 Å². The maximum absolute atomic E-state index is 12.0. The molecule has 0 aliphatic rings. The third-order valence-electron chi connectivity index (χ3n) is 9.80. The van der Waals surface area contributed by atoms with Crippen LogP contribution in [0.25, 0.3) is 0 Å². The van der Waals surface area contributed by atoms with Gasteiger partial charge in [0.05, 0.1) is 66.1 Å². The standard InChI is InChI=1S/C42H71O10P/c1-7-35(5)11-13-37(9-3)39-15-19-41(20-16-39)49-31-27-45-23-25-47-29-33-51-53(43,44)52-34-30-48-26-24-46-28-32-50-42-21-17-40(18-22-42)38(10-4)14-12-36(6)8-2/h15-22,35-38H,7-14,23-34H2,1-6H3,(H,43,44). The Morgan fingerprint density at radius 1 is 0.472 bits per heavy atom. The van der Waals surface area contributed by atoms with Crippen LogP contribution >= 0.6 is 7.82 Å². The van der Waals surface area contributed by atoms with Gasteiger partial charge in [-0.1, -0.05) is 91.5 Å². The molecule has 4 atom stereocenters. The molecule has 304 valence electrons. The molecule has 4 unspecified atom stereocenters. The predicted molar refractivity (Wildman–Crippen MR) is 212 cm³/mol. The predicted octanol–water partition coefficient (Wildman–Crippen LogP) is 9.98. The molecule has 0 saturated heterocycles. The van der Waals surface area contributed by atoms with Crippen molar-refractivity contribution in [3.63, 3.8) is 0 Å². The first-order valence-corrected chi connectivity index (χ1v) is 21.6. The number of phosphoric acid groups is 1. The average molecular weight is 767 g/mol. The number of hydrogen-bond acceptors (Lipinski definition) is 9. The lowest BCUT2D eigenvalue weighted by Crippen LogP contribution is -2.13. The molecular weight excluding hydrogens is 695 g/mol. The highest BCUT2D eigenvalue weighted by molar-refractivity contribution is 7.47. The van der Waals surface area contributed by atoms with Crippen LogP contribution in [0.3, 0.4) is 0 Å². The van der Waals surface area contributed by atoms with Crippen molar-refractivity contribution in [2.45, 2.75) is 105 Å². The molecule has 0 amide bonds. The molecule has 2 aromatic carbocycles. The van der Waals surface area contributed by atoms with E-state index in [4.69, 9.17) is 37.5 Å². The second-order valence-electron chi connectivity index (χ2n) is 13.8. The van der Waals surface area contributed by atoms with Crippen LogP contribution in [0.15, 0.2) is 48.5 Å². The van der Waals surface area contributed by atoms with Crippen LogP contribution in [-0.2, 0) is 32.6 Å². The molecule has 11 heteroatoms. The van der Waals surface area contributed by atoms with Gasteiger partial charge in [-0.15, -0.1) is 0 Å². The number of benzene rings is 2. The highest BCUT2D eigenvalue weighted by Crippen LogP contribution is 2.42. The van der Waals surface area contributed by atoms with Gasteiger partial charge in [0.2, 0.25) is 0 Å². The fourth-order valence-corrected chi connectivity index (χ4v) is 6.49. The van der Waals surface area contributed by atoms with Gasteiger partial charge in [-0.2, -0.15) is 0 Å². The Labute approximate surface area is 321 Å². The van der Waals surface area contributed by atoms with E-state index in [2.05, 4.69) is 65.8 Å². The van der Waals surface area contributed by atoms with Crippen molar-refractivity contribution in [3.05, 3.63) is 59.7 Å². The van der Waals surface area contributed by atoms with E-state index in [-0.39, 0.29) is 26.4 Å². The second kappa shape index (κ2) is 29.3. The first kappa shape index (κ1) is 47.1. The van der Waals surface area contributed by atoms with E-state index in [0.29, 0.717) is 64.7 Å². The maximum Gasteiger partial charge on any atom is 0.472 e. The Kier molecular flexibility index (Phi) is 26.1. The van der Waals surface area contributed by atoms with Gasteiger partial charge >= 0.3 is 7.82 Å². The summed E-state index contributed by atoms with van der Waals surface area (Å²) in [6, 6.07) is 16.8. The summed E-state index contributed by atoms with van der Waals surface area (Å²) in [4.78, 5) is 9.84. The zero-order valence-electron chi connectivity index (χ0n) is 33.6. The lowest BCUT2D eigenvalue weighted by molar-refractivity contribution is 0.0141. The Morgan fingerprint density at radius 2 is 0.792 bits per heavy atom. The second-order valence-corrected chi connectivity index (χ2v) is 15.3. The van der Waals surface area contributed by atoms with E-state index in [0.717, 1.165) is 36.2 Å². The molecule has 0 aromatic heterocycles. The molecule has 0 radical (unpaired) electrons. The third-order valence-corrected chi connectivity index (χ3v) is 10.8. The van der Waals surface area contributed by atoms with Crippen molar-refractivity contribution >= 4 is 7.82 Å². The molecule has 2 rings (SSSR count). The van der Waals surface area contributed by atoms with Crippen molar-refractivity contribution in [2.75, 3.05) is 79.3 Å². The summed E-state index contributed by atoms with van der Waals surface area (Å²) in [5, 5.41) is 0. The van der Waals surface area contributed by atoms with Crippen LogP contribution in [-0.4, -0.2) is 84.2 Å². The van der Waals surface area contributed by atoms with Gasteiger partial charge in [-0.25, -0.2) is 4.57 Å². The van der Waals surface area contributed by atoms with Crippen LogP contribution in [0.1, 0.15) is 116 Å². The van der Waals surface area contributed by atoms with Crippen molar-refractivity contribution in [2.24, 2.45) is 11.8 Å². The van der Waals surface area contributed by atoms with Gasteiger partial charge in [-0.3, -0.25) is 9.05 Å². The summed E-state index contributed by atoms with van der Waals surface area (Å²) in [5.74, 6) is 4.40. The van der Waals surface area contributed by atoms with Gasteiger partial charge in [0, 0.05) is 0 Å². The topological polar surface area (TPSA) is 111 Å². The van der Waals surface area contributed by atoms with Gasteiger partial charge in [-0.05, 0) is 84.7 Å². The summed E-state index contributed by atoms with van der Waals surface area (Å²) in [6.07, 6.45) is 9.72. The highest BCUT2D eigenvalue weighted by atomic mass is 31.2. The fraction of sp³-hybridized carbons (Fsp3) is 0.714. The van der Waals surface area contributed by atoms with Crippen LogP contribution < -0.4 is 9.47 Å². The van der Waals surface area contributed by atoms with Crippen LogP contribution in [0.4, 0.5) is 0 Å². The Hall–Kier alpha value is -2.01. The van der Waals surface area contributed by atoms with Gasteiger partial charge < -0.3 is 33.3 Å². The number of ether oxygens (including phenoxy) is 6. The molecule has 0 spiro atoms. The smallest absolute Gasteiger partial charge is 0.472 e. The zero-order valence-corrected chi connectivity index (χ0v) is 34.5. The average Bonchev–Trinajstić information content (AvgIpc) is 3.17. The van der Waals surface area contributed by atoms with Gasteiger partial charge in [0.25, 0.3) is 0 Å². The van der Waals surface area contributed by atoms with E-state index in [9.17, 15) is 9.46 Å². The Bertz CT molecular complexity index is 1110. The maximum atomic E-state index is 12.0. The molecule has 0 aliphatic heterocycles. The van der Waals surface area contributed by atoms with Gasteiger partial charge in [0.15, 0.2) is 0 Å². The molecule has 0 aliphatic carbocycles. The van der Waals surface area contributed by atoms with E-state index in [1.54, 1.807) is 0 Å². The molecule has 0 bridgehead atoms. The molecule has 10 nitrogen and oxygen atoms in total. The fourth-order valence-electron chi connectivity index (χ4n) is 5.81. The molecule has 0 fully saturated rings. The summed E-state index contributed by atoms with van der Waals surface area (Å²) in [6.45, 7) is 17.0. The Morgan fingerprint density at radius 3 is 1.11 bits per heavy atom. The SMILES string of the molecule is CCC(C)CCC(CC)c1ccc(OCCOCCOCCOP(=O)(O)OCCOCCOCCOc2ccc(C(CC)CCC(C)CC)cc2)cc1. The lowest BCUT2D eigenvalue weighted by atomic mass is 9.88. The van der Waals surface area contributed by atoms with Crippen LogP contribution in [0, 0.1) is 11.8 Å². The minimum Gasteiger partial charge on any atom is -0.491 e. The van der Waals surface area contributed by atoms with Crippen molar-refractivity contribution in [3.8, 4) is 11.5 Å². The first-order chi connectivity index (χ1) is 25.7. The quantitative estimate of drug-likeness (QED) is 0.0546. The molecule has 0 heterocycles. The number of rotatable bonds is 34. The zero-order chi connectivity index (χ0) is 38.6. The minimum absolute atomic E-state index is 0.0814. The molecular formula is C42H71O10P. The minimum atomic E-state index is -4.19. The van der Waals surface area contributed by atoms with Crippen LogP contribution in [0.5, 0.6) is 11.5 Å². The van der Waals surface area contributed by atoms with E-state index in [1.807, 2.05) is 24.3 Å². The lowest BCUT2D eigenvalue weighted by Gasteiger charge is -2.18. The van der Waals surface area contributed by atoms with Gasteiger partial charge in [0.1, 0.15) is 24.7 Å². The summed E-state index contributed by atoms with van der Waals surface area (Å²) in [5.41, 5.74) is 2.75. The molecule has 2 aromatic rings. The molecule has 1 N–H and O–H groups in total. The van der Waals surface area contributed by atoms with Crippen molar-refractivity contribution in [1.29, 1.82) is 0 Å². The molecule has 0 saturated carbocycles. The number of phosphoric ester groups is 1. The Balaban J connectivity index is 1.39. The summed E-state index contributed by atoms with van der Waals surface area (Å²) >= 11 is 0. The summed E-state index contributed by atoms with van der Waals surface area (Å²) < 4.78 is 55.5. The van der Waals surface area contributed by atoms with E-state index >= 15 is 0 Å². The monoisotopic (exact) mass is 766 g/mol. The summed E-state index contributed by atoms with van der Waals surface area (Å²) in [7, 11) is -4.19. The normalized spacial score (nSPS) is 15.1. The van der Waals surface area contributed by atoms with E-state index in [1.165, 1.54) is 49.7 Å². The largest absolute Gasteiger partial charge is 0.491 e. The number of hydrogen-bond donors (Lipinski definition) is 1. The molecule has 53 heavy (non-hydrogen) atoms. The third kappa shape index (κ3) is 22.2. The first-order valence-electron chi connectivity index (χ1n) is 20.1. The van der Waals surface area contributed by atoms with Crippen molar-refractivity contribution in [1.82, 2.24) is 0 Å². The van der Waals surface area contributed by atoms with E-state index < -0.39 is 7.82 Å². The highest BCUT2D eigenvalue weighted by Gasteiger charge is 2.20. The van der Waals surface area contributed by atoms with Crippen LogP contribution in [0.2, 0.25) is 0 Å².